The van der Waals surface area contributed by atoms with Gasteiger partial charge < -0.3 is 15.2 Å². The Labute approximate surface area is 113 Å². The smallest absolute Gasteiger partial charge is 0.223 e. The molecule has 1 fully saturated rings. The average Bonchev–Trinajstić information content (AvgIpc) is 2.76. The SMILES string of the molecule is CC(C(=O)NCc1cn2c(n1)CCCC2)C1CNC1. The Morgan fingerprint density at radius 2 is 2.42 bits per heavy atom. The number of hydrogen-bond acceptors (Lipinski definition) is 3. The van der Waals surface area contributed by atoms with Crippen LogP contribution in [0.3, 0.4) is 0 Å². The molecule has 0 aromatic carbocycles. The summed E-state index contributed by atoms with van der Waals surface area (Å²) in [5.74, 6) is 1.91. The first-order valence-electron chi connectivity index (χ1n) is 7.27. The summed E-state index contributed by atoms with van der Waals surface area (Å²) >= 11 is 0. The fraction of sp³-hybridized carbons (Fsp3) is 0.714. The molecule has 0 aliphatic carbocycles. The highest BCUT2D eigenvalue weighted by molar-refractivity contribution is 5.78. The van der Waals surface area contributed by atoms with Crippen LogP contribution in [0.4, 0.5) is 0 Å². The molecule has 2 aliphatic heterocycles. The monoisotopic (exact) mass is 262 g/mol. The van der Waals surface area contributed by atoms with E-state index in [1.165, 1.54) is 18.7 Å². The standard InChI is InChI=1S/C14H22N4O/c1-10(11-6-15-7-11)14(19)16-8-12-9-18-5-3-2-4-13(18)17-12/h9-11,15H,2-8H2,1H3,(H,16,19). The molecule has 2 N–H and O–H groups in total. The van der Waals surface area contributed by atoms with Gasteiger partial charge in [0.15, 0.2) is 0 Å². The Kier molecular flexibility index (Phi) is 3.55. The molecular weight excluding hydrogens is 240 g/mol. The van der Waals surface area contributed by atoms with Crippen molar-refractivity contribution in [2.45, 2.75) is 39.3 Å². The second-order valence-electron chi connectivity index (χ2n) is 5.72. The zero-order valence-electron chi connectivity index (χ0n) is 11.5. The van der Waals surface area contributed by atoms with Crippen molar-refractivity contribution in [2.24, 2.45) is 11.8 Å². The van der Waals surface area contributed by atoms with E-state index in [0.29, 0.717) is 12.5 Å². The third-order valence-corrected chi connectivity index (χ3v) is 4.34. The van der Waals surface area contributed by atoms with E-state index in [1.807, 2.05) is 6.92 Å². The summed E-state index contributed by atoms with van der Waals surface area (Å²) in [7, 11) is 0. The molecule has 104 valence electrons. The van der Waals surface area contributed by atoms with Crippen LogP contribution in [0.25, 0.3) is 0 Å². The number of fused-ring (bicyclic) bond motifs is 1. The van der Waals surface area contributed by atoms with Crippen LogP contribution in [-0.4, -0.2) is 28.5 Å². The Morgan fingerprint density at radius 3 is 3.11 bits per heavy atom. The maximum Gasteiger partial charge on any atom is 0.223 e. The lowest BCUT2D eigenvalue weighted by Gasteiger charge is -2.31. The van der Waals surface area contributed by atoms with Crippen molar-refractivity contribution in [1.82, 2.24) is 20.2 Å². The minimum Gasteiger partial charge on any atom is -0.350 e. The minimum atomic E-state index is 0.0958. The molecule has 2 aliphatic rings. The van der Waals surface area contributed by atoms with Crippen molar-refractivity contribution in [2.75, 3.05) is 13.1 Å². The first-order chi connectivity index (χ1) is 9.24. The summed E-state index contributed by atoms with van der Waals surface area (Å²) in [6.07, 6.45) is 5.62. The highest BCUT2D eigenvalue weighted by Crippen LogP contribution is 2.17. The van der Waals surface area contributed by atoms with Crippen LogP contribution in [-0.2, 0) is 24.3 Å². The van der Waals surface area contributed by atoms with Crippen molar-refractivity contribution in [3.63, 3.8) is 0 Å². The topological polar surface area (TPSA) is 59.0 Å². The molecule has 1 aromatic rings. The summed E-state index contributed by atoms with van der Waals surface area (Å²) in [5.41, 5.74) is 0.990. The van der Waals surface area contributed by atoms with Gasteiger partial charge in [-0.05, 0) is 31.8 Å². The number of carbonyl (C=O) groups excluding carboxylic acids is 1. The quantitative estimate of drug-likeness (QED) is 0.839. The Hall–Kier alpha value is -1.36. The van der Waals surface area contributed by atoms with Crippen LogP contribution in [0.15, 0.2) is 6.20 Å². The van der Waals surface area contributed by atoms with Gasteiger partial charge in [-0.25, -0.2) is 4.98 Å². The number of nitrogens with one attached hydrogen (secondary N) is 2. The van der Waals surface area contributed by atoms with Gasteiger partial charge in [-0.15, -0.1) is 0 Å². The van der Waals surface area contributed by atoms with Crippen LogP contribution in [0, 0.1) is 11.8 Å². The van der Waals surface area contributed by atoms with Crippen molar-refractivity contribution < 1.29 is 4.79 Å². The number of carbonyl (C=O) groups is 1. The highest BCUT2D eigenvalue weighted by atomic mass is 16.1. The molecule has 3 heterocycles. The molecule has 19 heavy (non-hydrogen) atoms. The van der Waals surface area contributed by atoms with Crippen molar-refractivity contribution in [1.29, 1.82) is 0 Å². The van der Waals surface area contributed by atoms with E-state index in [9.17, 15) is 4.79 Å². The van der Waals surface area contributed by atoms with Gasteiger partial charge in [-0.1, -0.05) is 6.92 Å². The van der Waals surface area contributed by atoms with E-state index < -0.39 is 0 Å². The van der Waals surface area contributed by atoms with Crippen LogP contribution in [0.2, 0.25) is 0 Å². The largest absolute Gasteiger partial charge is 0.350 e. The van der Waals surface area contributed by atoms with Crippen LogP contribution < -0.4 is 10.6 Å². The van der Waals surface area contributed by atoms with Crippen LogP contribution in [0.1, 0.15) is 31.3 Å². The van der Waals surface area contributed by atoms with Crippen molar-refractivity contribution in [3.05, 3.63) is 17.7 Å². The zero-order chi connectivity index (χ0) is 13.2. The fourth-order valence-corrected chi connectivity index (χ4v) is 2.77. The highest BCUT2D eigenvalue weighted by Gasteiger charge is 2.28. The first kappa shape index (κ1) is 12.7. The van der Waals surface area contributed by atoms with Crippen molar-refractivity contribution in [3.8, 4) is 0 Å². The van der Waals surface area contributed by atoms with Crippen LogP contribution in [0.5, 0.6) is 0 Å². The molecule has 5 heteroatoms. The number of nitrogens with zero attached hydrogens (tertiary/aromatic N) is 2. The summed E-state index contributed by atoms with van der Waals surface area (Å²) < 4.78 is 2.23. The lowest BCUT2D eigenvalue weighted by Crippen LogP contribution is -2.49. The molecular formula is C14H22N4O. The van der Waals surface area contributed by atoms with Gasteiger partial charge in [0, 0.05) is 25.1 Å². The molecule has 1 atom stereocenters. The maximum absolute atomic E-state index is 12.0. The van der Waals surface area contributed by atoms with Crippen molar-refractivity contribution >= 4 is 5.91 Å². The second-order valence-corrected chi connectivity index (χ2v) is 5.72. The zero-order valence-corrected chi connectivity index (χ0v) is 11.5. The molecule has 0 spiro atoms. The van der Waals surface area contributed by atoms with Gasteiger partial charge in [0.05, 0.1) is 12.2 Å². The van der Waals surface area contributed by atoms with E-state index in [-0.39, 0.29) is 11.8 Å². The number of rotatable bonds is 4. The molecule has 1 aromatic heterocycles. The normalized spacial score (nSPS) is 20.5. The predicted octanol–water partition coefficient (Wildman–Crippen LogP) is 0.691. The molecule has 0 radical (unpaired) electrons. The number of amides is 1. The van der Waals surface area contributed by atoms with Gasteiger partial charge in [0.25, 0.3) is 0 Å². The number of aromatic nitrogens is 2. The summed E-state index contributed by atoms with van der Waals surface area (Å²) in [6, 6.07) is 0. The van der Waals surface area contributed by atoms with E-state index in [4.69, 9.17) is 0 Å². The lowest BCUT2D eigenvalue weighted by molar-refractivity contribution is -0.126. The van der Waals surface area contributed by atoms with E-state index in [1.54, 1.807) is 0 Å². The average molecular weight is 262 g/mol. The minimum absolute atomic E-state index is 0.0958. The number of aryl methyl sites for hydroxylation is 2. The van der Waals surface area contributed by atoms with Gasteiger partial charge in [-0.3, -0.25) is 4.79 Å². The second kappa shape index (κ2) is 5.33. The Morgan fingerprint density at radius 1 is 1.58 bits per heavy atom. The summed E-state index contributed by atoms with van der Waals surface area (Å²) in [5, 5.41) is 6.22. The van der Waals surface area contributed by atoms with E-state index >= 15 is 0 Å². The van der Waals surface area contributed by atoms with Gasteiger partial charge in [0.1, 0.15) is 5.82 Å². The lowest BCUT2D eigenvalue weighted by atomic mass is 9.88. The molecule has 1 amide bonds. The van der Waals surface area contributed by atoms with Crippen LogP contribution >= 0.6 is 0 Å². The maximum atomic E-state index is 12.0. The number of hydrogen-bond donors (Lipinski definition) is 2. The third kappa shape index (κ3) is 2.66. The molecule has 5 nitrogen and oxygen atoms in total. The summed E-state index contributed by atoms with van der Waals surface area (Å²) in [4.78, 5) is 16.6. The van der Waals surface area contributed by atoms with E-state index in [0.717, 1.165) is 31.7 Å². The van der Waals surface area contributed by atoms with Gasteiger partial charge in [0.2, 0.25) is 5.91 Å². The Bertz CT molecular complexity index is 441. The summed E-state index contributed by atoms with van der Waals surface area (Å²) in [6.45, 7) is 5.57. The molecule has 3 rings (SSSR count). The number of imidazole rings is 1. The molecule has 1 saturated heterocycles. The Balaban J connectivity index is 1.53. The fourth-order valence-electron chi connectivity index (χ4n) is 2.77. The van der Waals surface area contributed by atoms with Gasteiger partial charge >= 0.3 is 0 Å². The third-order valence-electron chi connectivity index (χ3n) is 4.34. The molecule has 0 bridgehead atoms. The molecule has 0 saturated carbocycles. The predicted molar refractivity (Wildman–Crippen MR) is 72.5 cm³/mol. The first-order valence-corrected chi connectivity index (χ1v) is 7.27. The molecule has 1 unspecified atom stereocenters. The van der Waals surface area contributed by atoms with Gasteiger partial charge in [-0.2, -0.15) is 0 Å². The van der Waals surface area contributed by atoms with E-state index in [2.05, 4.69) is 26.4 Å².